The first-order valence-corrected chi connectivity index (χ1v) is 6.20. The quantitative estimate of drug-likeness (QED) is 0.715. The highest BCUT2D eigenvalue weighted by Gasteiger charge is 2.26. The van der Waals surface area contributed by atoms with Crippen LogP contribution in [0.3, 0.4) is 0 Å². The molecule has 4 heteroatoms. The van der Waals surface area contributed by atoms with Crippen molar-refractivity contribution in [2.75, 3.05) is 19.8 Å². The van der Waals surface area contributed by atoms with Gasteiger partial charge in [0.05, 0.1) is 6.61 Å². The lowest BCUT2D eigenvalue weighted by atomic mass is 9.79. The van der Waals surface area contributed by atoms with Crippen LogP contribution >= 0.6 is 0 Å². The summed E-state index contributed by atoms with van der Waals surface area (Å²) in [5.41, 5.74) is 0. The zero-order valence-electron chi connectivity index (χ0n) is 10.2. The molecule has 1 aliphatic carbocycles. The van der Waals surface area contributed by atoms with Gasteiger partial charge in [-0.1, -0.05) is 20.3 Å². The molecule has 2 unspecified atom stereocenters. The van der Waals surface area contributed by atoms with Gasteiger partial charge in [-0.25, -0.2) is 8.78 Å². The Morgan fingerprint density at radius 2 is 1.88 bits per heavy atom. The standard InChI is InChI=1S/C12H23F2NO/c1-9-4-3-5-10(2)12(9)15-6-7-16-8-11(13)14/h9-12,15H,3-8H2,1-2H3. The van der Waals surface area contributed by atoms with E-state index in [1.54, 1.807) is 0 Å². The molecule has 0 aromatic rings. The molecule has 2 atom stereocenters. The number of hydrogen-bond acceptors (Lipinski definition) is 2. The molecule has 1 rings (SSSR count). The fourth-order valence-electron chi connectivity index (χ4n) is 2.55. The second-order valence-corrected chi connectivity index (χ2v) is 4.83. The molecule has 1 saturated carbocycles. The van der Waals surface area contributed by atoms with E-state index < -0.39 is 13.0 Å². The minimum absolute atomic E-state index is 0.375. The number of hydrogen-bond donors (Lipinski definition) is 1. The molecule has 16 heavy (non-hydrogen) atoms. The maximum atomic E-state index is 11.8. The Balaban J connectivity index is 2.10. The fraction of sp³-hybridized carbons (Fsp3) is 1.00. The van der Waals surface area contributed by atoms with Gasteiger partial charge in [0.25, 0.3) is 6.43 Å². The molecule has 96 valence electrons. The third kappa shape index (κ3) is 4.74. The second-order valence-electron chi connectivity index (χ2n) is 4.83. The van der Waals surface area contributed by atoms with Crippen molar-refractivity contribution in [1.82, 2.24) is 5.32 Å². The highest BCUT2D eigenvalue weighted by molar-refractivity contribution is 4.83. The topological polar surface area (TPSA) is 21.3 Å². The van der Waals surface area contributed by atoms with Gasteiger partial charge in [-0.3, -0.25) is 0 Å². The average molecular weight is 235 g/mol. The predicted molar refractivity (Wildman–Crippen MR) is 60.8 cm³/mol. The summed E-state index contributed by atoms with van der Waals surface area (Å²) in [6, 6.07) is 0.518. The fourth-order valence-corrected chi connectivity index (χ4v) is 2.55. The zero-order chi connectivity index (χ0) is 12.0. The van der Waals surface area contributed by atoms with Crippen LogP contribution in [0.4, 0.5) is 8.78 Å². The lowest BCUT2D eigenvalue weighted by molar-refractivity contribution is 0.0168. The predicted octanol–water partition coefficient (Wildman–Crippen LogP) is 2.68. The summed E-state index contributed by atoms with van der Waals surface area (Å²) in [5.74, 6) is 1.36. The van der Waals surface area contributed by atoms with Crippen LogP contribution < -0.4 is 5.32 Å². The molecule has 0 spiro atoms. The number of alkyl halides is 2. The minimum atomic E-state index is -2.35. The van der Waals surface area contributed by atoms with Crippen LogP contribution in [0, 0.1) is 11.8 Å². The Bertz CT molecular complexity index is 180. The van der Waals surface area contributed by atoms with E-state index in [0.29, 0.717) is 31.0 Å². The summed E-state index contributed by atoms with van der Waals surface area (Å²) in [6.45, 7) is 5.12. The van der Waals surface area contributed by atoms with Gasteiger partial charge in [-0.05, 0) is 24.7 Å². The number of ether oxygens (including phenoxy) is 1. The first-order valence-electron chi connectivity index (χ1n) is 6.20. The molecular weight excluding hydrogens is 212 g/mol. The number of nitrogens with one attached hydrogen (secondary N) is 1. The monoisotopic (exact) mass is 235 g/mol. The van der Waals surface area contributed by atoms with Gasteiger partial charge in [-0.2, -0.15) is 0 Å². The number of rotatable bonds is 6. The van der Waals surface area contributed by atoms with Gasteiger partial charge in [0.15, 0.2) is 0 Å². The zero-order valence-corrected chi connectivity index (χ0v) is 10.2. The van der Waals surface area contributed by atoms with Gasteiger partial charge in [0.1, 0.15) is 6.61 Å². The van der Waals surface area contributed by atoms with Crippen LogP contribution in [0.5, 0.6) is 0 Å². The highest BCUT2D eigenvalue weighted by atomic mass is 19.3. The maximum absolute atomic E-state index is 11.8. The Hall–Kier alpha value is -0.220. The summed E-state index contributed by atoms with van der Waals surface area (Å²) in [4.78, 5) is 0. The van der Waals surface area contributed by atoms with Gasteiger partial charge in [0, 0.05) is 12.6 Å². The first kappa shape index (κ1) is 13.8. The van der Waals surface area contributed by atoms with Crippen LogP contribution in [0.1, 0.15) is 33.1 Å². The third-order valence-corrected chi connectivity index (χ3v) is 3.42. The van der Waals surface area contributed by atoms with Crippen molar-refractivity contribution in [3.05, 3.63) is 0 Å². The molecule has 0 amide bonds. The summed E-state index contributed by atoms with van der Waals surface area (Å²) < 4.78 is 28.4. The van der Waals surface area contributed by atoms with Crippen molar-refractivity contribution in [2.45, 2.75) is 45.6 Å². The van der Waals surface area contributed by atoms with Crippen LogP contribution in [0.25, 0.3) is 0 Å². The highest BCUT2D eigenvalue weighted by Crippen LogP contribution is 2.28. The second kappa shape index (κ2) is 7.17. The Kier molecular flexibility index (Phi) is 6.21. The Morgan fingerprint density at radius 3 is 2.44 bits per heavy atom. The van der Waals surface area contributed by atoms with E-state index in [2.05, 4.69) is 19.2 Å². The lowest BCUT2D eigenvalue weighted by Crippen LogP contribution is -2.44. The molecule has 0 aromatic carbocycles. The smallest absolute Gasteiger partial charge is 0.261 e. The van der Waals surface area contributed by atoms with Gasteiger partial charge >= 0.3 is 0 Å². The summed E-state index contributed by atoms with van der Waals surface area (Å²) >= 11 is 0. The summed E-state index contributed by atoms with van der Waals surface area (Å²) in [6.07, 6.45) is 1.48. The van der Waals surface area contributed by atoms with Crippen molar-refractivity contribution >= 4 is 0 Å². The molecule has 1 fully saturated rings. The lowest BCUT2D eigenvalue weighted by Gasteiger charge is -2.35. The molecule has 2 nitrogen and oxygen atoms in total. The van der Waals surface area contributed by atoms with Gasteiger partial charge in [0.2, 0.25) is 0 Å². The van der Waals surface area contributed by atoms with E-state index in [1.807, 2.05) is 0 Å². The van der Waals surface area contributed by atoms with E-state index in [-0.39, 0.29) is 0 Å². The van der Waals surface area contributed by atoms with E-state index in [4.69, 9.17) is 4.74 Å². The molecule has 1 N–H and O–H groups in total. The summed E-state index contributed by atoms with van der Waals surface area (Å²) in [5, 5.41) is 3.42. The minimum Gasteiger partial charge on any atom is -0.374 e. The van der Waals surface area contributed by atoms with Gasteiger partial charge < -0.3 is 10.1 Å². The van der Waals surface area contributed by atoms with Crippen molar-refractivity contribution in [3.63, 3.8) is 0 Å². The first-order chi connectivity index (χ1) is 7.61. The van der Waals surface area contributed by atoms with E-state index in [9.17, 15) is 8.78 Å². The van der Waals surface area contributed by atoms with E-state index >= 15 is 0 Å². The normalized spacial score (nSPS) is 30.9. The number of halogens is 2. The van der Waals surface area contributed by atoms with Crippen LogP contribution in [-0.2, 0) is 4.74 Å². The Labute approximate surface area is 96.7 Å². The third-order valence-electron chi connectivity index (χ3n) is 3.42. The molecule has 0 aromatic heterocycles. The van der Waals surface area contributed by atoms with Crippen molar-refractivity contribution in [1.29, 1.82) is 0 Å². The van der Waals surface area contributed by atoms with E-state index in [1.165, 1.54) is 19.3 Å². The molecular formula is C12H23F2NO. The van der Waals surface area contributed by atoms with Crippen LogP contribution in [0.15, 0.2) is 0 Å². The Morgan fingerprint density at radius 1 is 1.25 bits per heavy atom. The molecule has 0 radical (unpaired) electrons. The molecule has 0 aliphatic heterocycles. The summed E-state index contributed by atoms with van der Waals surface area (Å²) in [7, 11) is 0. The maximum Gasteiger partial charge on any atom is 0.261 e. The SMILES string of the molecule is CC1CCCC(C)C1NCCOCC(F)F. The van der Waals surface area contributed by atoms with Crippen LogP contribution in [-0.4, -0.2) is 32.2 Å². The molecule has 0 heterocycles. The molecule has 0 bridgehead atoms. The molecule has 1 aliphatic rings. The van der Waals surface area contributed by atoms with E-state index in [0.717, 1.165) is 0 Å². The van der Waals surface area contributed by atoms with Crippen molar-refractivity contribution < 1.29 is 13.5 Å². The molecule has 0 saturated heterocycles. The van der Waals surface area contributed by atoms with Crippen molar-refractivity contribution in [2.24, 2.45) is 11.8 Å². The average Bonchev–Trinajstić information content (AvgIpc) is 2.21. The van der Waals surface area contributed by atoms with Crippen LogP contribution in [0.2, 0.25) is 0 Å². The largest absolute Gasteiger partial charge is 0.374 e. The van der Waals surface area contributed by atoms with Gasteiger partial charge in [-0.15, -0.1) is 0 Å². The van der Waals surface area contributed by atoms with Crippen molar-refractivity contribution in [3.8, 4) is 0 Å².